The number of rotatable bonds is 8. The number of fused-ring (bicyclic) bond motifs is 1. The van der Waals surface area contributed by atoms with E-state index in [1.54, 1.807) is 0 Å². The Morgan fingerprint density at radius 3 is 2.63 bits per heavy atom. The van der Waals surface area contributed by atoms with Gasteiger partial charge in [-0.15, -0.1) is 0 Å². The summed E-state index contributed by atoms with van der Waals surface area (Å²) in [5.74, 6) is 0. The third kappa shape index (κ3) is 6.48. The lowest BCUT2D eigenvalue weighted by molar-refractivity contribution is 0.0367. The molecule has 1 aromatic heterocycles. The van der Waals surface area contributed by atoms with Crippen LogP contribution in [-0.2, 0) is 17.7 Å². The van der Waals surface area contributed by atoms with Gasteiger partial charge in [-0.3, -0.25) is 9.69 Å². The summed E-state index contributed by atoms with van der Waals surface area (Å²) in [7, 11) is 0. The zero-order chi connectivity index (χ0) is 24.8. The molecule has 0 saturated carbocycles. The van der Waals surface area contributed by atoms with Crippen molar-refractivity contribution in [3.8, 4) is 0 Å². The average molecular weight is 493 g/mol. The maximum Gasteiger partial charge on any atom is 0.253 e. The number of thiocarbonyl (C=S) groups is 1. The molecule has 1 saturated heterocycles. The summed E-state index contributed by atoms with van der Waals surface area (Å²) < 4.78 is 5.48. The number of anilines is 1. The number of hydrogen-bond donors (Lipinski definition) is 2. The fraction of sp³-hybridized carbons (Fsp3) is 0.429. The largest absolute Gasteiger partial charge is 0.379 e. The lowest BCUT2D eigenvalue weighted by Crippen LogP contribution is -2.40. The molecule has 35 heavy (non-hydrogen) atoms. The lowest BCUT2D eigenvalue weighted by Gasteiger charge is -2.30. The van der Waals surface area contributed by atoms with E-state index in [-0.39, 0.29) is 5.56 Å². The van der Waals surface area contributed by atoms with Gasteiger partial charge in [-0.1, -0.05) is 25.1 Å². The van der Waals surface area contributed by atoms with E-state index in [0.717, 1.165) is 74.4 Å². The first-order valence-corrected chi connectivity index (χ1v) is 12.9. The minimum Gasteiger partial charge on any atom is -0.379 e. The molecule has 0 aliphatic carbocycles. The van der Waals surface area contributed by atoms with Gasteiger partial charge in [0.2, 0.25) is 0 Å². The lowest BCUT2D eigenvalue weighted by atomic mass is 10.0. The predicted molar refractivity (Wildman–Crippen MR) is 148 cm³/mol. The van der Waals surface area contributed by atoms with Crippen molar-refractivity contribution in [3.63, 3.8) is 0 Å². The van der Waals surface area contributed by atoms with E-state index >= 15 is 0 Å². The molecular weight excluding hydrogens is 456 g/mol. The maximum atomic E-state index is 13.0. The Hall–Kier alpha value is -2.74. The van der Waals surface area contributed by atoms with E-state index < -0.39 is 0 Å². The van der Waals surface area contributed by atoms with Crippen molar-refractivity contribution in [1.82, 2.24) is 14.8 Å². The highest BCUT2D eigenvalue weighted by Crippen LogP contribution is 2.19. The molecule has 0 radical (unpaired) electrons. The fourth-order valence-corrected chi connectivity index (χ4v) is 4.82. The number of aromatic amines is 1. The van der Waals surface area contributed by atoms with Crippen LogP contribution in [0.3, 0.4) is 0 Å². The van der Waals surface area contributed by atoms with E-state index in [9.17, 15) is 4.79 Å². The Morgan fingerprint density at radius 2 is 1.86 bits per heavy atom. The zero-order valence-electron chi connectivity index (χ0n) is 21.0. The number of hydrogen-bond acceptors (Lipinski definition) is 4. The molecule has 1 fully saturated rings. The Bertz CT molecular complexity index is 1230. The first-order valence-electron chi connectivity index (χ1n) is 12.5. The van der Waals surface area contributed by atoms with E-state index in [4.69, 9.17) is 17.0 Å². The second-order valence-corrected chi connectivity index (χ2v) is 9.70. The molecule has 0 unspecified atom stereocenters. The summed E-state index contributed by atoms with van der Waals surface area (Å²) in [6, 6.07) is 14.4. The molecule has 0 bridgehead atoms. The van der Waals surface area contributed by atoms with Gasteiger partial charge in [0.05, 0.1) is 19.8 Å². The van der Waals surface area contributed by atoms with Gasteiger partial charge in [0, 0.05) is 42.9 Å². The van der Waals surface area contributed by atoms with E-state index in [0.29, 0.717) is 11.7 Å². The Balaban J connectivity index is 1.55. The Morgan fingerprint density at radius 1 is 1.11 bits per heavy atom. The van der Waals surface area contributed by atoms with Gasteiger partial charge >= 0.3 is 0 Å². The van der Waals surface area contributed by atoms with Gasteiger partial charge < -0.3 is 19.9 Å². The van der Waals surface area contributed by atoms with E-state index in [1.807, 2.05) is 24.3 Å². The molecular formula is C28H36N4O2S. The summed E-state index contributed by atoms with van der Waals surface area (Å²) in [5.41, 5.74) is 6.17. The number of benzene rings is 2. The normalized spacial score (nSPS) is 14.3. The number of para-hydroxylation sites is 1. The van der Waals surface area contributed by atoms with Crippen LogP contribution < -0.4 is 10.9 Å². The number of H-pyrrole nitrogens is 1. The molecule has 0 spiro atoms. The van der Waals surface area contributed by atoms with Gasteiger partial charge in [0.15, 0.2) is 5.11 Å². The van der Waals surface area contributed by atoms with Crippen LogP contribution in [0.15, 0.2) is 47.3 Å². The minimum absolute atomic E-state index is 0.0595. The van der Waals surface area contributed by atoms with Crippen LogP contribution in [0, 0.1) is 13.8 Å². The molecule has 2 N–H and O–H groups in total. The van der Waals surface area contributed by atoms with Crippen molar-refractivity contribution in [1.29, 1.82) is 0 Å². The molecule has 3 aromatic rings. The monoisotopic (exact) mass is 492 g/mol. The van der Waals surface area contributed by atoms with Crippen LogP contribution in [-0.4, -0.2) is 59.3 Å². The molecule has 186 valence electrons. The highest BCUT2D eigenvalue weighted by molar-refractivity contribution is 7.80. The number of ether oxygens (including phenoxy) is 1. The van der Waals surface area contributed by atoms with Crippen LogP contribution in [0.4, 0.5) is 5.69 Å². The van der Waals surface area contributed by atoms with Crippen molar-refractivity contribution >= 4 is 33.9 Å². The third-order valence-electron chi connectivity index (χ3n) is 6.83. The highest BCUT2D eigenvalue weighted by atomic mass is 32.1. The van der Waals surface area contributed by atoms with Gasteiger partial charge in [0.1, 0.15) is 0 Å². The quantitative estimate of drug-likeness (QED) is 0.447. The smallest absolute Gasteiger partial charge is 0.253 e. The predicted octanol–water partition coefficient (Wildman–Crippen LogP) is 4.63. The SMILES string of the molecule is CCc1ccccc1NC(=S)N(CCCN1CCOCC1)Cc1cc2cc(C)c(C)cc2[nH]c1=O. The van der Waals surface area contributed by atoms with Crippen molar-refractivity contribution < 1.29 is 4.74 Å². The highest BCUT2D eigenvalue weighted by Gasteiger charge is 2.16. The molecule has 6 nitrogen and oxygen atoms in total. The van der Waals surface area contributed by atoms with Crippen molar-refractivity contribution in [2.45, 2.75) is 40.2 Å². The van der Waals surface area contributed by atoms with Gasteiger partial charge in [-0.2, -0.15) is 0 Å². The number of aromatic nitrogens is 1. The summed E-state index contributed by atoms with van der Waals surface area (Å²) in [4.78, 5) is 20.6. The zero-order valence-corrected chi connectivity index (χ0v) is 21.8. The van der Waals surface area contributed by atoms with Crippen LogP contribution >= 0.6 is 12.2 Å². The van der Waals surface area contributed by atoms with Crippen LogP contribution in [0.1, 0.15) is 35.6 Å². The molecule has 7 heteroatoms. The number of nitrogens with one attached hydrogen (secondary N) is 2. The number of morpholine rings is 1. The van der Waals surface area contributed by atoms with Gasteiger partial charge in [-0.25, -0.2) is 0 Å². The second kappa shape index (κ2) is 11.8. The van der Waals surface area contributed by atoms with Crippen molar-refractivity contribution in [2.24, 2.45) is 0 Å². The summed E-state index contributed by atoms with van der Waals surface area (Å²) in [6.45, 7) is 12.0. The van der Waals surface area contributed by atoms with Crippen LogP contribution in [0.2, 0.25) is 0 Å². The Kier molecular flexibility index (Phi) is 8.55. The van der Waals surface area contributed by atoms with Crippen molar-refractivity contribution in [3.05, 3.63) is 75.1 Å². The van der Waals surface area contributed by atoms with Crippen LogP contribution in [0.25, 0.3) is 10.9 Å². The summed E-state index contributed by atoms with van der Waals surface area (Å²) >= 11 is 5.88. The number of nitrogens with zero attached hydrogens (tertiary/aromatic N) is 2. The number of pyridine rings is 1. The maximum absolute atomic E-state index is 13.0. The van der Waals surface area contributed by atoms with Crippen LogP contribution in [0.5, 0.6) is 0 Å². The molecule has 0 atom stereocenters. The first-order chi connectivity index (χ1) is 16.9. The minimum atomic E-state index is -0.0595. The molecule has 0 amide bonds. The second-order valence-electron chi connectivity index (χ2n) is 9.32. The summed E-state index contributed by atoms with van der Waals surface area (Å²) in [5, 5.41) is 5.15. The third-order valence-corrected chi connectivity index (χ3v) is 7.19. The topological polar surface area (TPSA) is 60.6 Å². The molecule has 1 aliphatic heterocycles. The number of aryl methyl sites for hydroxylation is 3. The van der Waals surface area contributed by atoms with Gasteiger partial charge in [0.25, 0.3) is 5.56 Å². The molecule has 2 heterocycles. The molecule has 4 rings (SSSR count). The molecule has 2 aromatic carbocycles. The Labute approximate surface area is 213 Å². The molecule has 1 aliphatic rings. The fourth-order valence-electron chi connectivity index (χ4n) is 4.55. The average Bonchev–Trinajstić information content (AvgIpc) is 2.86. The van der Waals surface area contributed by atoms with E-state index in [2.05, 4.69) is 59.1 Å². The first kappa shape index (κ1) is 25.4. The van der Waals surface area contributed by atoms with Gasteiger partial charge in [-0.05, 0) is 85.2 Å². The standard InChI is InChI=1S/C28H36N4O2S/c1-4-22-8-5-6-9-25(22)30-28(35)32(11-7-10-31-12-14-34-15-13-31)19-24-18-23-16-20(2)21(3)17-26(23)29-27(24)33/h5-6,8-9,16-18H,4,7,10-15,19H2,1-3H3,(H,29,33)(H,30,35). The van der Waals surface area contributed by atoms with Crippen molar-refractivity contribution in [2.75, 3.05) is 44.7 Å². The van der Waals surface area contributed by atoms with E-state index in [1.165, 1.54) is 16.7 Å². The summed E-state index contributed by atoms with van der Waals surface area (Å²) in [6.07, 6.45) is 1.88.